The van der Waals surface area contributed by atoms with Crippen LogP contribution in [0.25, 0.3) is 22.0 Å². The number of pyridine rings is 1. The molecule has 2 heterocycles. The van der Waals surface area contributed by atoms with Crippen LogP contribution < -0.4 is 5.32 Å². The lowest BCUT2D eigenvalue weighted by Gasteiger charge is -2.11. The minimum atomic E-state index is 0.728. The summed E-state index contributed by atoms with van der Waals surface area (Å²) in [4.78, 5) is 4.70. The third-order valence-corrected chi connectivity index (χ3v) is 5.34. The molecule has 154 valence electrons. The van der Waals surface area contributed by atoms with Crippen LogP contribution in [0.15, 0.2) is 116 Å². The van der Waals surface area contributed by atoms with E-state index in [0.29, 0.717) is 0 Å². The largest absolute Gasteiger partial charge is 0.364 e. The first-order chi connectivity index (χ1) is 15.3. The maximum atomic E-state index is 4.70. The van der Waals surface area contributed by atoms with E-state index in [1.165, 1.54) is 27.6 Å². The van der Waals surface area contributed by atoms with Gasteiger partial charge in [-0.15, -0.1) is 0 Å². The van der Waals surface area contributed by atoms with Crippen LogP contribution >= 0.6 is 0 Å². The van der Waals surface area contributed by atoms with E-state index >= 15 is 0 Å². The van der Waals surface area contributed by atoms with E-state index in [2.05, 4.69) is 102 Å². The number of fused-ring (bicyclic) bond motifs is 1. The fraction of sp³-hybridized carbons (Fsp3) is 0.107. The smallest absolute Gasteiger partial charge is 0.150 e. The van der Waals surface area contributed by atoms with Crippen LogP contribution in [0.4, 0.5) is 5.82 Å². The summed E-state index contributed by atoms with van der Waals surface area (Å²) in [7, 11) is 0. The van der Waals surface area contributed by atoms with Gasteiger partial charge in [-0.3, -0.25) is 0 Å². The van der Waals surface area contributed by atoms with Crippen LogP contribution in [-0.4, -0.2) is 9.55 Å². The lowest BCUT2D eigenvalue weighted by atomic mass is 10.1. The first-order valence-corrected chi connectivity index (χ1v) is 10.6. The van der Waals surface area contributed by atoms with Gasteiger partial charge in [0.05, 0.1) is 5.52 Å². The molecule has 0 saturated carbocycles. The van der Waals surface area contributed by atoms with Gasteiger partial charge in [0.15, 0.2) is 5.82 Å². The molecule has 31 heavy (non-hydrogen) atoms. The summed E-state index contributed by atoms with van der Waals surface area (Å²) in [5.74, 6) is 0.895. The van der Waals surface area contributed by atoms with E-state index < -0.39 is 0 Å². The summed E-state index contributed by atoms with van der Waals surface area (Å²) < 4.78 is 2.29. The quantitative estimate of drug-likeness (QED) is 0.320. The molecule has 0 amide bonds. The number of rotatable bonds is 8. The van der Waals surface area contributed by atoms with Crippen molar-refractivity contribution in [3.63, 3.8) is 0 Å². The Kier molecular flexibility index (Phi) is 6.44. The minimum Gasteiger partial charge on any atom is -0.364 e. The summed E-state index contributed by atoms with van der Waals surface area (Å²) in [6, 6.07) is 23.0. The summed E-state index contributed by atoms with van der Waals surface area (Å²) in [5, 5.41) is 4.75. The van der Waals surface area contributed by atoms with Gasteiger partial charge in [0.1, 0.15) is 0 Å². The summed E-state index contributed by atoms with van der Waals surface area (Å²) >= 11 is 0. The molecular weight excluding hydrogens is 378 g/mol. The number of benzene rings is 2. The normalized spacial score (nSPS) is 11.8. The maximum absolute atomic E-state index is 4.70. The molecule has 0 fully saturated rings. The molecule has 2 aromatic carbocycles. The number of hydrogen-bond donors (Lipinski definition) is 1. The highest BCUT2D eigenvalue weighted by atomic mass is 15.1. The zero-order valence-electron chi connectivity index (χ0n) is 17.8. The first-order valence-electron chi connectivity index (χ1n) is 10.6. The van der Waals surface area contributed by atoms with Gasteiger partial charge in [-0.05, 0) is 29.7 Å². The molecule has 0 aliphatic heterocycles. The Balaban J connectivity index is 1.80. The number of aromatic nitrogens is 2. The van der Waals surface area contributed by atoms with E-state index in [-0.39, 0.29) is 0 Å². The SMILES string of the molecule is C=C/C=C\C(=C/C)Cn1cc(-c2ccccc2)c2ccnc(NCc3ccccc3)c21. The van der Waals surface area contributed by atoms with Crippen LogP contribution in [-0.2, 0) is 13.1 Å². The Hall–Kier alpha value is -3.85. The van der Waals surface area contributed by atoms with E-state index in [9.17, 15) is 0 Å². The van der Waals surface area contributed by atoms with Gasteiger partial charge in [0, 0.05) is 36.4 Å². The van der Waals surface area contributed by atoms with Crippen LogP contribution in [0.2, 0.25) is 0 Å². The zero-order valence-corrected chi connectivity index (χ0v) is 17.8. The fourth-order valence-corrected chi connectivity index (χ4v) is 3.76. The Labute approximate surface area is 184 Å². The third kappa shape index (κ3) is 4.67. The average molecular weight is 406 g/mol. The van der Waals surface area contributed by atoms with E-state index in [1.54, 1.807) is 6.08 Å². The average Bonchev–Trinajstić information content (AvgIpc) is 3.20. The number of hydrogen-bond acceptors (Lipinski definition) is 2. The van der Waals surface area contributed by atoms with Crippen molar-refractivity contribution in [2.24, 2.45) is 0 Å². The second-order valence-corrected chi connectivity index (χ2v) is 7.39. The van der Waals surface area contributed by atoms with Crippen LogP contribution in [0.1, 0.15) is 12.5 Å². The first kappa shape index (κ1) is 20.4. The van der Waals surface area contributed by atoms with Crippen LogP contribution in [0.5, 0.6) is 0 Å². The zero-order chi connectivity index (χ0) is 21.5. The third-order valence-electron chi connectivity index (χ3n) is 5.34. The molecule has 0 unspecified atom stereocenters. The second kappa shape index (κ2) is 9.77. The molecule has 0 bridgehead atoms. The summed E-state index contributed by atoms with van der Waals surface area (Å²) in [5.41, 5.74) is 5.97. The van der Waals surface area contributed by atoms with E-state index in [1.807, 2.05) is 18.3 Å². The predicted molar refractivity (Wildman–Crippen MR) is 132 cm³/mol. The van der Waals surface area contributed by atoms with Crippen molar-refractivity contribution in [3.8, 4) is 11.1 Å². The van der Waals surface area contributed by atoms with Crippen molar-refractivity contribution < 1.29 is 0 Å². The molecule has 0 radical (unpaired) electrons. The molecule has 3 nitrogen and oxygen atoms in total. The van der Waals surface area contributed by atoms with Crippen molar-refractivity contribution in [3.05, 3.63) is 121 Å². The van der Waals surface area contributed by atoms with Gasteiger partial charge in [-0.25, -0.2) is 4.98 Å². The van der Waals surface area contributed by atoms with Crippen molar-refractivity contribution >= 4 is 16.7 Å². The van der Waals surface area contributed by atoms with Crippen molar-refractivity contribution in [2.75, 3.05) is 5.32 Å². The molecule has 4 aromatic rings. The number of nitrogens with one attached hydrogen (secondary N) is 1. The Morgan fingerprint density at radius 1 is 1.03 bits per heavy atom. The lowest BCUT2D eigenvalue weighted by molar-refractivity contribution is 0.833. The standard InChI is InChI=1S/C28H27N3/c1-3-5-12-22(4-2)20-31-21-26(24-15-10-7-11-16-24)25-17-18-29-28(27(25)31)30-19-23-13-8-6-9-14-23/h3-18,21H,1,19-20H2,2H3,(H,29,30)/b12-5-,22-4+. The second-order valence-electron chi connectivity index (χ2n) is 7.39. The van der Waals surface area contributed by atoms with Crippen LogP contribution in [0, 0.1) is 0 Å². The minimum absolute atomic E-state index is 0.728. The van der Waals surface area contributed by atoms with Gasteiger partial charge in [0.25, 0.3) is 0 Å². The molecule has 0 aliphatic rings. The van der Waals surface area contributed by atoms with Gasteiger partial charge in [-0.1, -0.05) is 91.5 Å². The number of nitrogens with zero attached hydrogens (tertiary/aromatic N) is 2. The Bertz CT molecular complexity index is 1220. The number of anilines is 1. The van der Waals surface area contributed by atoms with Crippen molar-refractivity contribution in [1.82, 2.24) is 9.55 Å². The molecule has 2 aromatic heterocycles. The summed E-state index contributed by atoms with van der Waals surface area (Å²) in [6.07, 6.45) is 12.2. The van der Waals surface area contributed by atoms with Crippen LogP contribution in [0.3, 0.4) is 0 Å². The molecule has 0 aliphatic carbocycles. The molecular formula is C28H27N3. The Morgan fingerprint density at radius 2 is 1.77 bits per heavy atom. The highest BCUT2D eigenvalue weighted by Crippen LogP contribution is 2.34. The molecule has 4 rings (SSSR count). The van der Waals surface area contributed by atoms with Crippen molar-refractivity contribution in [1.29, 1.82) is 0 Å². The lowest BCUT2D eigenvalue weighted by Crippen LogP contribution is -2.05. The predicted octanol–water partition coefficient (Wildman–Crippen LogP) is 7.00. The fourth-order valence-electron chi connectivity index (χ4n) is 3.76. The Morgan fingerprint density at radius 3 is 2.48 bits per heavy atom. The molecule has 0 spiro atoms. The number of allylic oxidation sites excluding steroid dienone is 5. The monoisotopic (exact) mass is 405 g/mol. The van der Waals surface area contributed by atoms with Gasteiger partial charge < -0.3 is 9.88 Å². The summed E-state index contributed by atoms with van der Waals surface area (Å²) in [6.45, 7) is 7.35. The topological polar surface area (TPSA) is 29.9 Å². The van der Waals surface area contributed by atoms with Gasteiger partial charge >= 0.3 is 0 Å². The maximum Gasteiger partial charge on any atom is 0.150 e. The van der Waals surface area contributed by atoms with E-state index in [0.717, 1.165) is 24.4 Å². The van der Waals surface area contributed by atoms with E-state index in [4.69, 9.17) is 4.98 Å². The van der Waals surface area contributed by atoms with Gasteiger partial charge in [-0.2, -0.15) is 0 Å². The molecule has 0 atom stereocenters. The molecule has 3 heteroatoms. The molecule has 0 saturated heterocycles. The van der Waals surface area contributed by atoms with Gasteiger partial charge in [0.2, 0.25) is 0 Å². The molecule has 1 N–H and O–H groups in total. The highest BCUT2D eigenvalue weighted by Gasteiger charge is 2.15. The van der Waals surface area contributed by atoms with Crippen molar-refractivity contribution in [2.45, 2.75) is 20.0 Å². The highest BCUT2D eigenvalue weighted by molar-refractivity contribution is 6.01.